The van der Waals surface area contributed by atoms with Gasteiger partial charge in [-0.3, -0.25) is 4.79 Å². The average molecular weight is 399 g/mol. The lowest BCUT2D eigenvalue weighted by atomic mass is 9.86. The van der Waals surface area contributed by atoms with Crippen molar-refractivity contribution in [2.45, 2.75) is 12.8 Å². The number of carbonyl (C=O) groups excluding carboxylic acids is 1. The second-order valence-corrected chi connectivity index (χ2v) is 7.26. The molecule has 0 spiro atoms. The summed E-state index contributed by atoms with van der Waals surface area (Å²) in [7, 11) is 0. The minimum Gasteiger partial charge on any atom is -0.378 e. The van der Waals surface area contributed by atoms with E-state index in [4.69, 9.17) is 4.74 Å². The zero-order valence-corrected chi connectivity index (χ0v) is 15.5. The Morgan fingerprint density at radius 1 is 1.12 bits per heavy atom. The molecule has 1 saturated heterocycles. The van der Waals surface area contributed by atoms with E-state index in [1.54, 1.807) is 0 Å². The van der Waals surface area contributed by atoms with Crippen LogP contribution in [0.2, 0.25) is 0 Å². The summed E-state index contributed by atoms with van der Waals surface area (Å²) in [6.45, 7) is 3.24. The highest BCUT2D eigenvalue weighted by Crippen LogP contribution is 2.29. The Balaban J connectivity index is 1.54. The first-order valence-electron chi connectivity index (χ1n) is 8.53. The van der Waals surface area contributed by atoms with E-state index in [1.165, 1.54) is 0 Å². The van der Waals surface area contributed by atoms with E-state index in [0.717, 1.165) is 71.7 Å². The van der Waals surface area contributed by atoms with Gasteiger partial charge in [-0.25, -0.2) is 4.98 Å². The molecular formula is C20H19BrN2O2. The highest BCUT2D eigenvalue weighted by molar-refractivity contribution is 9.10. The molecule has 128 valence electrons. The number of ketones is 1. The number of morpholine rings is 1. The monoisotopic (exact) mass is 398 g/mol. The number of carbonyl (C=O) groups is 1. The van der Waals surface area contributed by atoms with Gasteiger partial charge in [-0.15, -0.1) is 0 Å². The SMILES string of the molecule is O=C1C(=Cc2ccc(N3CCOCC3)nc2)CCc2cc(Br)ccc21. The van der Waals surface area contributed by atoms with Gasteiger partial charge >= 0.3 is 0 Å². The van der Waals surface area contributed by atoms with Gasteiger partial charge < -0.3 is 9.64 Å². The van der Waals surface area contributed by atoms with E-state index in [9.17, 15) is 4.79 Å². The second kappa shape index (κ2) is 7.10. The third kappa shape index (κ3) is 3.53. The molecule has 0 saturated carbocycles. The molecule has 2 aliphatic rings. The van der Waals surface area contributed by atoms with Gasteiger partial charge in [0.2, 0.25) is 0 Å². The van der Waals surface area contributed by atoms with Crippen LogP contribution in [0.25, 0.3) is 6.08 Å². The smallest absolute Gasteiger partial charge is 0.189 e. The lowest BCUT2D eigenvalue weighted by molar-refractivity contribution is 0.102. The summed E-state index contributed by atoms with van der Waals surface area (Å²) in [5.74, 6) is 1.10. The molecule has 1 aliphatic heterocycles. The molecule has 0 atom stereocenters. The van der Waals surface area contributed by atoms with Gasteiger partial charge in [0.25, 0.3) is 0 Å². The number of hydrogen-bond acceptors (Lipinski definition) is 4. The largest absolute Gasteiger partial charge is 0.378 e. The van der Waals surface area contributed by atoms with Crippen LogP contribution in [0.4, 0.5) is 5.82 Å². The number of aromatic nitrogens is 1. The highest BCUT2D eigenvalue weighted by Gasteiger charge is 2.22. The molecule has 1 fully saturated rings. The molecule has 4 nitrogen and oxygen atoms in total. The zero-order valence-electron chi connectivity index (χ0n) is 13.9. The van der Waals surface area contributed by atoms with E-state index in [1.807, 2.05) is 42.6 Å². The summed E-state index contributed by atoms with van der Waals surface area (Å²) in [5.41, 5.74) is 3.77. The van der Waals surface area contributed by atoms with Gasteiger partial charge in [0.15, 0.2) is 5.78 Å². The summed E-state index contributed by atoms with van der Waals surface area (Å²) >= 11 is 3.47. The van der Waals surface area contributed by atoms with Crippen molar-refractivity contribution in [1.29, 1.82) is 0 Å². The quantitative estimate of drug-likeness (QED) is 0.719. The van der Waals surface area contributed by atoms with Crippen molar-refractivity contribution in [2.75, 3.05) is 31.2 Å². The average Bonchev–Trinajstić information content (AvgIpc) is 2.65. The Morgan fingerprint density at radius 3 is 2.72 bits per heavy atom. The molecule has 1 aromatic carbocycles. The predicted octanol–water partition coefficient (Wildman–Crippen LogP) is 3.89. The number of nitrogens with zero attached hydrogens (tertiary/aromatic N) is 2. The maximum atomic E-state index is 12.7. The third-order valence-corrected chi connectivity index (χ3v) is 5.21. The van der Waals surface area contributed by atoms with Crippen LogP contribution in [-0.4, -0.2) is 37.1 Å². The minimum absolute atomic E-state index is 0.131. The minimum atomic E-state index is 0.131. The number of anilines is 1. The van der Waals surface area contributed by atoms with E-state index < -0.39 is 0 Å². The number of benzene rings is 1. The van der Waals surface area contributed by atoms with Gasteiger partial charge in [-0.05, 0) is 60.4 Å². The molecule has 1 aliphatic carbocycles. The molecule has 0 amide bonds. The Bertz CT molecular complexity index is 824. The molecule has 2 heterocycles. The van der Waals surface area contributed by atoms with Gasteiger partial charge in [0, 0.05) is 34.9 Å². The summed E-state index contributed by atoms with van der Waals surface area (Å²) in [6, 6.07) is 9.95. The van der Waals surface area contributed by atoms with Gasteiger partial charge in [-0.1, -0.05) is 15.9 Å². The van der Waals surface area contributed by atoms with Crippen LogP contribution in [0.3, 0.4) is 0 Å². The maximum absolute atomic E-state index is 12.7. The topological polar surface area (TPSA) is 42.4 Å². The van der Waals surface area contributed by atoms with Crippen molar-refractivity contribution in [1.82, 2.24) is 4.98 Å². The first kappa shape index (κ1) is 16.5. The number of aryl methyl sites for hydroxylation is 1. The van der Waals surface area contributed by atoms with Crippen LogP contribution in [-0.2, 0) is 11.2 Å². The fourth-order valence-electron chi connectivity index (χ4n) is 3.35. The van der Waals surface area contributed by atoms with Crippen LogP contribution in [0.5, 0.6) is 0 Å². The molecule has 0 unspecified atom stereocenters. The highest BCUT2D eigenvalue weighted by atomic mass is 79.9. The molecule has 0 bridgehead atoms. The van der Waals surface area contributed by atoms with Crippen molar-refractivity contribution < 1.29 is 9.53 Å². The van der Waals surface area contributed by atoms with Gasteiger partial charge in [0.1, 0.15) is 5.82 Å². The number of fused-ring (bicyclic) bond motifs is 1. The van der Waals surface area contributed by atoms with Crippen molar-refractivity contribution in [3.05, 3.63) is 63.3 Å². The lowest BCUT2D eigenvalue weighted by Crippen LogP contribution is -2.36. The molecule has 25 heavy (non-hydrogen) atoms. The number of halogens is 1. The standard InChI is InChI=1S/C20H19BrN2O2/c21-17-4-5-18-15(12-17)2-3-16(20(18)24)11-14-1-6-19(22-13-14)23-7-9-25-10-8-23/h1,4-6,11-13H,2-3,7-10H2. The van der Waals surface area contributed by atoms with Gasteiger partial charge in [0.05, 0.1) is 13.2 Å². The number of ether oxygens (including phenoxy) is 1. The van der Waals surface area contributed by atoms with E-state index in [0.29, 0.717) is 0 Å². The number of pyridine rings is 1. The molecular weight excluding hydrogens is 380 g/mol. The Morgan fingerprint density at radius 2 is 1.96 bits per heavy atom. The number of rotatable bonds is 2. The van der Waals surface area contributed by atoms with Crippen LogP contribution in [0.15, 0.2) is 46.6 Å². The van der Waals surface area contributed by atoms with Crippen molar-refractivity contribution in [3.63, 3.8) is 0 Å². The fraction of sp³-hybridized carbons (Fsp3) is 0.300. The Kier molecular flexibility index (Phi) is 4.68. The third-order valence-electron chi connectivity index (χ3n) is 4.71. The van der Waals surface area contributed by atoms with Crippen LogP contribution < -0.4 is 4.90 Å². The molecule has 5 heteroatoms. The summed E-state index contributed by atoms with van der Waals surface area (Å²) in [5, 5.41) is 0. The van der Waals surface area contributed by atoms with Crippen LogP contribution in [0, 0.1) is 0 Å². The number of allylic oxidation sites excluding steroid dienone is 1. The van der Waals surface area contributed by atoms with Crippen LogP contribution in [0.1, 0.15) is 27.9 Å². The van der Waals surface area contributed by atoms with Crippen LogP contribution >= 0.6 is 15.9 Å². The van der Waals surface area contributed by atoms with Crippen molar-refractivity contribution in [2.24, 2.45) is 0 Å². The fourth-order valence-corrected chi connectivity index (χ4v) is 3.76. The summed E-state index contributed by atoms with van der Waals surface area (Å²) in [4.78, 5) is 19.5. The second-order valence-electron chi connectivity index (χ2n) is 6.35. The molecule has 0 N–H and O–H groups in total. The first-order chi connectivity index (χ1) is 12.2. The first-order valence-corrected chi connectivity index (χ1v) is 9.32. The molecule has 2 aromatic rings. The Hall–Kier alpha value is -1.98. The molecule has 4 rings (SSSR count). The van der Waals surface area contributed by atoms with Crippen molar-refractivity contribution >= 4 is 33.6 Å². The van der Waals surface area contributed by atoms with E-state index in [-0.39, 0.29) is 5.78 Å². The summed E-state index contributed by atoms with van der Waals surface area (Å²) < 4.78 is 6.40. The van der Waals surface area contributed by atoms with E-state index in [2.05, 4.69) is 25.8 Å². The van der Waals surface area contributed by atoms with Gasteiger partial charge in [-0.2, -0.15) is 0 Å². The normalized spacial score (nSPS) is 19.2. The number of hydrogen-bond donors (Lipinski definition) is 0. The van der Waals surface area contributed by atoms with Crippen molar-refractivity contribution in [3.8, 4) is 0 Å². The zero-order chi connectivity index (χ0) is 17.2. The molecule has 0 radical (unpaired) electrons. The Labute approximate surface area is 155 Å². The number of Topliss-reactive ketones (excluding diaryl/α,β-unsaturated/α-hetero) is 1. The predicted molar refractivity (Wildman–Crippen MR) is 102 cm³/mol. The molecule has 1 aromatic heterocycles. The maximum Gasteiger partial charge on any atom is 0.189 e. The lowest BCUT2D eigenvalue weighted by Gasteiger charge is -2.27. The van der Waals surface area contributed by atoms with E-state index >= 15 is 0 Å². The summed E-state index contributed by atoms with van der Waals surface area (Å²) in [6.07, 6.45) is 5.49.